The summed E-state index contributed by atoms with van der Waals surface area (Å²) >= 11 is 5.20. The quantitative estimate of drug-likeness (QED) is 0.244. The smallest absolute Gasteiger partial charge is 0.127 e. The summed E-state index contributed by atoms with van der Waals surface area (Å²) in [5, 5.41) is 13.9. The van der Waals surface area contributed by atoms with Crippen LogP contribution in [-0.2, 0) is 0 Å². The standard InChI is InChI=1S/C14H16BrFIN5O/c1-2-20-14(15)9(6-18)13(23)12(7-21-19)22-11-4-3-8(16)5-10(11)17/h3-7,13,23H,2,18-19H2,1H3. The topological polar surface area (TPSA) is 109 Å². The zero-order valence-corrected chi connectivity index (χ0v) is 16.0. The van der Waals surface area contributed by atoms with Gasteiger partial charge in [0, 0.05) is 21.9 Å². The van der Waals surface area contributed by atoms with Crippen LogP contribution in [0.25, 0.3) is 0 Å². The number of benzene rings is 1. The minimum Gasteiger partial charge on any atom is -0.404 e. The summed E-state index contributed by atoms with van der Waals surface area (Å²) in [6.45, 7) is 2.36. The summed E-state index contributed by atoms with van der Waals surface area (Å²) in [6.07, 6.45) is 1.24. The van der Waals surface area contributed by atoms with Crippen LogP contribution in [0, 0.1) is 9.39 Å². The van der Waals surface area contributed by atoms with Crippen LogP contribution in [0.4, 0.5) is 10.1 Å². The van der Waals surface area contributed by atoms with E-state index in [1.54, 1.807) is 0 Å². The second-order valence-electron chi connectivity index (χ2n) is 4.20. The van der Waals surface area contributed by atoms with Crippen LogP contribution >= 0.6 is 38.5 Å². The Labute approximate surface area is 155 Å². The third-order valence-electron chi connectivity index (χ3n) is 2.66. The van der Waals surface area contributed by atoms with Gasteiger partial charge in [-0.05, 0) is 63.6 Å². The molecule has 23 heavy (non-hydrogen) atoms. The molecule has 1 unspecified atom stereocenters. The molecule has 0 heterocycles. The second-order valence-corrected chi connectivity index (χ2v) is 6.11. The van der Waals surface area contributed by atoms with Gasteiger partial charge < -0.3 is 16.7 Å². The van der Waals surface area contributed by atoms with E-state index >= 15 is 0 Å². The number of aliphatic hydroxyl groups excluding tert-OH is 1. The van der Waals surface area contributed by atoms with Crippen LogP contribution in [0.5, 0.6) is 0 Å². The monoisotopic (exact) mass is 495 g/mol. The molecule has 1 rings (SSSR count). The maximum Gasteiger partial charge on any atom is 0.127 e. The highest BCUT2D eigenvalue weighted by Gasteiger charge is 2.20. The summed E-state index contributed by atoms with van der Waals surface area (Å²) in [6, 6.07) is 4.10. The van der Waals surface area contributed by atoms with Gasteiger partial charge in [-0.25, -0.2) is 9.38 Å². The predicted molar refractivity (Wildman–Crippen MR) is 104 cm³/mol. The third kappa shape index (κ3) is 5.66. The lowest BCUT2D eigenvalue weighted by atomic mass is 10.1. The highest BCUT2D eigenvalue weighted by atomic mass is 127. The van der Waals surface area contributed by atoms with Gasteiger partial charge in [0.15, 0.2) is 0 Å². The summed E-state index contributed by atoms with van der Waals surface area (Å²) in [5.74, 6) is 4.81. The maximum atomic E-state index is 13.2. The highest BCUT2D eigenvalue weighted by molar-refractivity contribution is 14.1. The van der Waals surface area contributed by atoms with E-state index in [2.05, 4.69) is 31.0 Å². The summed E-state index contributed by atoms with van der Waals surface area (Å²) < 4.78 is 14.2. The van der Waals surface area contributed by atoms with Gasteiger partial charge in [0.05, 0.1) is 17.6 Å². The molecule has 1 atom stereocenters. The Morgan fingerprint density at radius 1 is 1.52 bits per heavy atom. The molecule has 0 fully saturated rings. The van der Waals surface area contributed by atoms with Gasteiger partial charge in [-0.1, -0.05) is 0 Å². The molecule has 0 aliphatic carbocycles. The lowest BCUT2D eigenvalue weighted by molar-refractivity contribution is 0.285. The lowest BCUT2D eigenvalue weighted by Gasteiger charge is -2.14. The molecular weight excluding hydrogens is 480 g/mol. The van der Waals surface area contributed by atoms with Crippen molar-refractivity contribution in [1.82, 2.24) is 0 Å². The van der Waals surface area contributed by atoms with E-state index in [1.165, 1.54) is 30.6 Å². The molecule has 1 aromatic rings. The van der Waals surface area contributed by atoms with Gasteiger partial charge in [-0.2, -0.15) is 5.10 Å². The summed E-state index contributed by atoms with van der Waals surface area (Å²) in [5.41, 5.74) is 6.51. The van der Waals surface area contributed by atoms with Crippen molar-refractivity contribution < 1.29 is 9.50 Å². The highest BCUT2D eigenvalue weighted by Crippen LogP contribution is 2.23. The molecule has 0 aliphatic rings. The number of nitrogens with zero attached hydrogens (tertiary/aromatic N) is 3. The number of aliphatic imine (C=N–C) groups is 2. The Hall–Kier alpha value is -1.33. The number of nitrogens with two attached hydrogens (primary N) is 2. The van der Waals surface area contributed by atoms with Gasteiger partial charge >= 0.3 is 0 Å². The molecule has 0 amide bonds. The first kappa shape index (κ1) is 19.7. The predicted octanol–water partition coefficient (Wildman–Crippen LogP) is 2.46. The van der Waals surface area contributed by atoms with Crippen LogP contribution in [0.15, 0.2) is 45.1 Å². The Bertz CT molecular complexity index is 675. The number of aliphatic hydroxyl groups is 1. The maximum absolute atomic E-state index is 13.2. The van der Waals surface area contributed by atoms with Crippen molar-refractivity contribution in [3.63, 3.8) is 0 Å². The molecule has 9 heteroatoms. The molecular formula is C14H16BrFIN5O. The Balaban J connectivity index is 3.29. The van der Waals surface area contributed by atoms with Gasteiger partial charge in [0.2, 0.25) is 0 Å². The normalized spacial score (nSPS) is 15.3. The fourth-order valence-electron chi connectivity index (χ4n) is 1.61. The first-order valence-electron chi connectivity index (χ1n) is 6.51. The van der Waals surface area contributed by atoms with Crippen LogP contribution in [0.2, 0.25) is 0 Å². The minimum absolute atomic E-state index is 0.150. The molecule has 0 aliphatic heterocycles. The number of hydrazone groups is 1. The Kier molecular flexibility index (Phi) is 8.34. The van der Waals surface area contributed by atoms with Gasteiger partial charge in [-0.15, -0.1) is 0 Å². The molecule has 1 aromatic carbocycles. The van der Waals surface area contributed by atoms with Crippen LogP contribution in [0.1, 0.15) is 6.92 Å². The van der Waals surface area contributed by atoms with Crippen molar-refractivity contribution in [3.8, 4) is 0 Å². The summed E-state index contributed by atoms with van der Waals surface area (Å²) in [4.78, 5) is 8.43. The molecule has 0 spiro atoms. The second kappa shape index (κ2) is 9.73. The van der Waals surface area contributed by atoms with Crippen molar-refractivity contribution in [2.24, 2.45) is 26.7 Å². The van der Waals surface area contributed by atoms with Crippen LogP contribution in [-0.4, -0.2) is 34.3 Å². The molecule has 0 saturated carbocycles. The average molecular weight is 496 g/mol. The Morgan fingerprint density at radius 3 is 2.74 bits per heavy atom. The van der Waals surface area contributed by atoms with Crippen LogP contribution in [0.3, 0.4) is 0 Å². The number of hydrogen-bond acceptors (Lipinski definition) is 6. The van der Waals surface area contributed by atoms with E-state index < -0.39 is 6.10 Å². The number of halogens is 3. The molecule has 0 bridgehead atoms. The molecule has 5 N–H and O–H groups in total. The fourth-order valence-corrected chi connectivity index (χ4v) is 2.81. The van der Waals surface area contributed by atoms with Crippen molar-refractivity contribution in [1.29, 1.82) is 0 Å². The van der Waals surface area contributed by atoms with Crippen molar-refractivity contribution in [2.45, 2.75) is 13.0 Å². The van der Waals surface area contributed by atoms with E-state index in [0.717, 1.165) is 0 Å². The SMILES string of the molecule is CCN=C(Br)C(=CN)C(O)C(C=NN)=Nc1ccc(F)cc1I. The molecule has 6 nitrogen and oxygen atoms in total. The van der Waals surface area contributed by atoms with Crippen molar-refractivity contribution >= 4 is 60.8 Å². The lowest BCUT2D eigenvalue weighted by Crippen LogP contribution is -2.28. The molecule has 0 aromatic heterocycles. The number of rotatable bonds is 6. The first-order chi connectivity index (χ1) is 10.9. The zero-order chi connectivity index (χ0) is 17.4. The molecule has 0 radical (unpaired) electrons. The van der Waals surface area contributed by atoms with Gasteiger partial charge in [0.1, 0.15) is 16.5 Å². The van der Waals surface area contributed by atoms with Crippen molar-refractivity contribution in [3.05, 3.63) is 39.4 Å². The van der Waals surface area contributed by atoms with Gasteiger partial charge in [-0.3, -0.25) is 4.99 Å². The summed E-state index contributed by atoms with van der Waals surface area (Å²) in [7, 11) is 0. The van der Waals surface area contributed by atoms with E-state index in [9.17, 15) is 9.50 Å². The zero-order valence-electron chi connectivity index (χ0n) is 12.2. The van der Waals surface area contributed by atoms with E-state index in [0.29, 0.717) is 26.0 Å². The minimum atomic E-state index is -1.20. The van der Waals surface area contributed by atoms with Gasteiger partial charge in [0.25, 0.3) is 0 Å². The third-order valence-corrected chi connectivity index (χ3v) is 4.23. The Morgan fingerprint density at radius 2 is 2.22 bits per heavy atom. The van der Waals surface area contributed by atoms with Crippen LogP contribution < -0.4 is 11.6 Å². The van der Waals surface area contributed by atoms with E-state index in [4.69, 9.17) is 11.6 Å². The first-order valence-corrected chi connectivity index (χ1v) is 8.38. The van der Waals surface area contributed by atoms with E-state index in [-0.39, 0.29) is 11.5 Å². The fraction of sp³-hybridized carbons (Fsp3) is 0.214. The molecule has 124 valence electrons. The largest absolute Gasteiger partial charge is 0.404 e. The average Bonchev–Trinajstić information content (AvgIpc) is 2.50. The number of hydrogen-bond donors (Lipinski definition) is 3. The van der Waals surface area contributed by atoms with Crippen molar-refractivity contribution in [2.75, 3.05) is 6.54 Å². The van der Waals surface area contributed by atoms with E-state index in [1.807, 2.05) is 29.5 Å². The molecule has 0 saturated heterocycles.